The maximum absolute atomic E-state index is 13.0. The first-order valence-electron chi connectivity index (χ1n) is 9.34. The summed E-state index contributed by atoms with van der Waals surface area (Å²) in [6.45, 7) is 1.49. The molecule has 0 bridgehead atoms. The second-order valence-corrected chi connectivity index (χ2v) is 6.66. The van der Waals surface area contributed by atoms with Crippen molar-refractivity contribution in [3.8, 4) is 28.7 Å². The van der Waals surface area contributed by atoms with Crippen molar-refractivity contribution in [1.29, 1.82) is 0 Å². The molecular weight excluding hydrogens is 392 g/mol. The monoisotopic (exact) mass is 416 g/mol. The highest BCUT2D eigenvalue weighted by Crippen LogP contribution is 2.38. The summed E-state index contributed by atoms with van der Waals surface area (Å²) in [4.78, 5) is 24.6. The lowest BCUT2D eigenvalue weighted by atomic mass is 9.99. The van der Waals surface area contributed by atoms with Crippen LogP contribution in [0.25, 0.3) is 0 Å². The van der Waals surface area contributed by atoms with Gasteiger partial charge in [-0.15, -0.1) is 0 Å². The van der Waals surface area contributed by atoms with Gasteiger partial charge in [-0.1, -0.05) is 6.07 Å². The molecule has 160 valence electrons. The number of Topliss-reactive ketones (excluding diaryl/α,β-unsaturated/α-hetero) is 1. The molecule has 3 rings (SSSR count). The Hall–Kier alpha value is -3.42. The van der Waals surface area contributed by atoms with Gasteiger partial charge in [0.15, 0.2) is 28.8 Å². The van der Waals surface area contributed by atoms with Gasteiger partial charge in [-0.05, 0) is 29.8 Å². The van der Waals surface area contributed by atoms with Crippen LogP contribution in [0.5, 0.6) is 28.7 Å². The number of carbonyl (C=O) groups is 2. The van der Waals surface area contributed by atoms with E-state index in [2.05, 4.69) is 0 Å². The van der Waals surface area contributed by atoms with E-state index in [0.29, 0.717) is 40.7 Å². The maximum Gasteiger partial charge on any atom is 0.302 e. The van der Waals surface area contributed by atoms with Crippen molar-refractivity contribution >= 4 is 11.8 Å². The molecular formula is C22H24O8. The van der Waals surface area contributed by atoms with Crippen molar-refractivity contribution in [3.05, 3.63) is 41.5 Å². The molecule has 2 aromatic rings. The fourth-order valence-corrected chi connectivity index (χ4v) is 3.29. The number of ketones is 1. The zero-order valence-electron chi connectivity index (χ0n) is 17.4. The van der Waals surface area contributed by atoms with E-state index in [0.717, 1.165) is 5.56 Å². The predicted molar refractivity (Wildman–Crippen MR) is 107 cm³/mol. The number of rotatable bonds is 9. The van der Waals surface area contributed by atoms with Crippen LogP contribution in [0, 0.1) is 0 Å². The summed E-state index contributed by atoms with van der Waals surface area (Å²) in [6, 6.07) is 8.63. The summed E-state index contributed by atoms with van der Waals surface area (Å²) in [5.41, 5.74) is 1.23. The molecule has 0 amide bonds. The second-order valence-electron chi connectivity index (χ2n) is 6.66. The lowest BCUT2D eigenvalue weighted by Gasteiger charge is -2.18. The molecule has 8 nitrogen and oxygen atoms in total. The Balaban J connectivity index is 1.81. The number of hydrogen-bond acceptors (Lipinski definition) is 8. The molecule has 1 unspecified atom stereocenters. The normalized spacial score (nSPS) is 12.8. The van der Waals surface area contributed by atoms with Crippen molar-refractivity contribution < 1.29 is 38.0 Å². The predicted octanol–water partition coefficient (Wildman–Crippen LogP) is 3.19. The van der Waals surface area contributed by atoms with E-state index in [1.54, 1.807) is 18.2 Å². The van der Waals surface area contributed by atoms with Gasteiger partial charge in [-0.25, -0.2) is 0 Å². The van der Waals surface area contributed by atoms with Crippen LogP contribution in [0.2, 0.25) is 0 Å². The average molecular weight is 416 g/mol. The summed E-state index contributed by atoms with van der Waals surface area (Å²) >= 11 is 0. The van der Waals surface area contributed by atoms with E-state index >= 15 is 0 Å². The Labute approximate surface area is 174 Å². The van der Waals surface area contributed by atoms with Gasteiger partial charge < -0.3 is 28.4 Å². The third-order valence-electron chi connectivity index (χ3n) is 4.63. The zero-order chi connectivity index (χ0) is 21.7. The fourth-order valence-electron chi connectivity index (χ4n) is 3.29. The summed E-state index contributed by atoms with van der Waals surface area (Å²) in [5, 5.41) is 0. The van der Waals surface area contributed by atoms with Crippen LogP contribution in [-0.2, 0) is 16.0 Å². The van der Waals surface area contributed by atoms with Crippen LogP contribution in [0.1, 0.15) is 29.3 Å². The molecule has 0 saturated carbocycles. The van der Waals surface area contributed by atoms with Gasteiger partial charge in [0, 0.05) is 25.3 Å². The Bertz CT molecular complexity index is 912. The highest BCUT2D eigenvalue weighted by Gasteiger charge is 2.23. The van der Waals surface area contributed by atoms with Crippen molar-refractivity contribution in [2.75, 3.05) is 28.1 Å². The maximum atomic E-state index is 13.0. The number of esters is 1. The molecule has 30 heavy (non-hydrogen) atoms. The van der Waals surface area contributed by atoms with Gasteiger partial charge in [0.2, 0.25) is 12.5 Å². The van der Waals surface area contributed by atoms with E-state index in [1.807, 2.05) is 12.1 Å². The summed E-state index contributed by atoms with van der Waals surface area (Å²) in [6.07, 6.45) is -0.298. The molecule has 0 aliphatic carbocycles. The average Bonchev–Trinajstić information content (AvgIpc) is 3.19. The standard InChI is InChI=1S/C22H24O8/c1-13(23)30-16(7-14-5-6-18-19(8-14)29-12-28-18)11-17(24)15-9-20(25-2)22(27-4)21(10-15)26-3/h5-6,8-10,16H,7,11-12H2,1-4H3. The second kappa shape index (κ2) is 9.39. The first-order chi connectivity index (χ1) is 14.4. The molecule has 0 aromatic heterocycles. The first-order valence-corrected chi connectivity index (χ1v) is 9.34. The molecule has 0 N–H and O–H groups in total. The number of ether oxygens (including phenoxy) is 6. The van der Waals surface area contributed by atoms with Crippen molar-refractivity contribution in [1.82, 2.24) is 0 Å². The molecule has 1 heterocycles. The van der Waals surface area contributed by atoms with Crippen molar-refractivity contribution in [2.24, 2.45) is 0 Å². The van der Waals surface area contributed by atoms with E-state index in [4.69, 9.17) is 28.4 Å². The van der Waals surface area contributed by atoms with E-state index in [-0.39, 0.29) is 19.0 Å². The smallest absolute Gasteiger partial charge is 0.302 e. The molecule has 0 spiro atoms. The fraction of sp³-hybridized carbons (Fsp3) is 0.364. The van der Waals surface area contributed by atoms with Crippen LogP contribution in [0.3, 0.4) is 0 Å². The third-order valence-corrected chi connectivity index (χ3v) is 4.63. The molecule has 1 aliphatic rings. The van der Waals surface area contributed by atoms with Gasteiger partial charge in [0.25, 0.3) is 0 Å². The third kappa shape index (κ3) is 4.76. The van der Waals surface area contributed by atoms with Crippen molar-refractivity contribution in [2.45, 2.75) is 25.9 Å². The zero-order valence-corrected chi connectivity index (χ0v) is 17.4. The van der Waals surface area contributed by atoms with Crippen LogP contribution in [0.4, 0.5) is 0 Å². The minimum atomic E-state index is -0.644. The Morgan fingerprint density at radius 2 is 1.63 bits per heavy atom. The molecule has 2 aromatic carbocycles. The van der Waals surface area contributed by atoms with Gasteiger partial charge in [0.05, 0.1) is 21.3 Å². The molecule has 0 fully saturated rings. The molecule has 0 saturated heterocycles. The number of hydrogen-bond donors (Lipinski definition) is 0. The van der Waals surface area contributed by atoms with Gasteiger partial charge in [0.1, 0.15) is 6.10 Å². The highest BCUT2D eigenvalue weighted by molar-refractivity contribution is 5.97. The Morgan fingerprint density at radius 1 is 0.967 bits per heavy atom. The molecule has 1 aliphatic heterocycles. The number of carbonyl (C=O) groups excluding carboxylic acids is 2. The van der Waals surface area contributed by atoms with Crippen molar-refractivity contribution in [3.63, 3.8) is 0 Å². The van der Waals surface area contributed by atoms with Crippen LogP contribution in [-0.4, -0.2) is 46.0 Å². The number of methoxy groups -OCH3 is 3. The van der Waals surface area contributed by atoms with Gasteiger partial charge in [-0.3, -0.25) is 9.59 Å². The van der Waals surface area contributed by atoms with E-state index in [1.165, 1.54) is 28.3 Å². The Morgan fingerprint density at radius 3 is 2.23 bits per heavy atom. The lowest BCUT2D eigenvalue weighted by Crippen LogP contribution is -2.23. The number of benzene rings is 2. The van der Waals surface area contributed by atoms with E-state index in [9.17, 15) is 9.59 Å². The van der Waals surface area contributed by atoms with Crippen LogP contribution < -0.4 is 23.7 Å². The minimum Gasteiger partial charge on any atom is -0.493 e. The molecule has 8 heteroatoms. The van der Waals surface area contributed by atoms with Crippen LogP contribution >= 0.6 is 0 Å². The number of fused-ring (bicyclic) bond motifs is 1. The van der Waals surface area contributed by atoms with E-state index < -0.39 is 12.1 Å². The highest BCUT2D eigenvalue weighted by atomic mass is 16.7. The molecule has 1 atom stereocenters. The first kappa shape index (κ1) is 21.3. The quantitative estimate of drug-likeness (QED) is 0.455. The summed E-state index contributed by atoms with van der Waals surface area (Å²) in [7, 11) is 4.45. The van der Waals surface area contributed by atoms with Gasteiger partial charge in [-0.2, -0.15) is 0 Å². The topological polar surface area (TPSA) is 89.5 Å². The van der Waals surface area contributed by atoms with Crippen LogP contribution in [0.15, 0.2) is 30.3 Å². The lowest BCUT2D eigenvalue weighted by molar-refractivity contribution is -0.146. The summed E-state index contributed by atoms with van der Waals surface area (Å²) < 4.78 is 32.0. The molecule has 0 radical (unpaired) electrons. The Kier molecular flexibility index (Phi) is 6.66. The summed E-state index contributed by atoms with van der Waals surface area (Å²) in [5.74, 6) is 1.76. The SMILES string of the molecule is COc1cc(C(=O)CC(Cc2ccc3c(c2)OCO3)OC(C)=O)cc(OC)c1OC. The largest absolute Gasteiger partial charge is 0.493 e. The van der Waals surface area contributed by atoms with Gasteiger partial charge >= 0.3 is 5.97 Å². The minimum absolute atomic E-state index is 0.00728.